The summed E-state index contributed by atoms with van der Waals surface area (Å²) in [5.41, 5.74) is -0.154. The van der Waals surface area contributed by atoms with Gasteiger partial charge in [0.25, 0.3) is 5.56 Å². The van der Waals surface area contributed by atoms with Gasteiger partial charge in [0.15, 0.2) is 5.58 Å². The monoisotopic (exact) mass is 207 g/mol. The molecule has 15 heavy (non-hydrogen) atoms. The summed E-state index contributed by atoms with van der Waals surface area (Å²) in [4.78, 5) is 11.9. The number of aromatic hydroxyl groups is 1. The number of benzene rings is 1. The number of hydrogen-bond donors (Lipinski definition) is 1. The molecule has 1 aromatic heterocycles. The molecule has 0 spiro atoms. The van der Waals surface area contributed by atoms with Crippen LogP contribution in [0.1, 0.15) is 20.8 Å². The fraction of sp³-hybridized carbons (Fsp3) is 0.364. The van der Waals surface area contributed by atoms with Crippen LogP contribution >= 0.6 is 0 Å². The standard InChI is InChI=1S/C11H13NO3/c1-11(2,3)12-10(14)8-5-4-7(13)6-9(8)15-12/h4-6,13H,1-3H3. The number of fused-ring (bicyclic) bond motifs is 1. The summed E-state index contributed by atoms with van der Waals surface area (Å²) < 4.78 is 6.70. The summed E-state index contributed by atoms with van der Waals surface area (Å²) in [5.74, 6) is 0.0947. The first kappa shape index (κ1) is 9.83. The minimum atomic E-state index is -0.397. The van der Waals surface area contributed by atoms with E-state index in [4.69, 9.17) is 4.52 Å². The molecule has 0 aliphatic rings. The molecule has 80 valence electrons. The van der Waals surface area contributed by atoms with Gasteiger partial charge in [0, 0.05) is 6.07 Å². The first-order valence-corrected chi connectivity index (χ1v) is 4.75. The van der Waals surface area contributed by atoms with E-state index >= 15 is 0 Å². The van der Waals surface area contributed by atoms with E-state index in [1.807, 2.05) is 20.8 Å². The fourth-order valence-electron chi connectivity index (χ4n) is 1.45. The highest BCUT2D eigenvalue weighted by Gasteiger charge is 2.20. The van der Waals surface area contributed by atoms with Crippen LogP contribution in [0.5, 0.6) is 5.75 Å². The van der Waals surface area contributed by atoms with Gasteiger partial charge in [0.1, 0.15) is 5.75 Å². The van der Waals surface area contributed by atoms with Crippen LogP contribution in [0.15, 0.2) is 27.5 Å². The lowest BCUT2D eigenvalue weighted by Crippen LogP contribution is -2.30. The Bertz CT molecular complexity index is 557. The van der Waals surface area contributed by atoms with Crippen LogP contribution in [0, 0.1) is 0 Å². The Balaban J connectivity index is 2.81. The molecule has 0 unspecified atom stereocenters. The Morgan fingerprint density at radius 3 is 2.60 bits per heavy atom. The molecule has 0 aliphatic carbocycles. The summed E-state index contributed by atoms with van der Waals surface area (Å²) in [5, 5.41) is 9.75. The van der Waals surface area contributed by atoms with E-state index in [9.17, 15) is 9.90 Å². The molecule has 4 nitrogen and oxygen atoms in total. The number of rotatable bonds is 0. The van der Waals surface area contributed by atoms with Gasteiger partial charge < -0.3 is 9.63 Å². The molecular weight excluding hydrogens is 194 g/mol. The smallest absolute Gasteiger partial charge is 0.290 e. The van der Waals surface area contributed by atoms with Crippen molar-refractivity contribution in [1.82, 2.24) is 4.74 Å². The van der Waals surface area contributed by atoms with Crippen LogP contribution in [-0.4, -0.2) is 9.85 Å². The highest BCUT2D eigenvalue weighted by atomic mass is 16.5. The number of aromatic nitrogens is 1. The van der Waals surface area contributed by atoms with E-state index in [2.05, 4.69) is 0 Å². The third kappa shape index (κ3) is 1.52. The van der Waals surface area contributed by atoms with Gasteiger partial charge in [-0.3, -0.25) is 4.79 Å². The number of hydrogen-bond acceptors (Lipinski definition) is 3. The molecule has 0 saturated carbocycles. The Morgan fingerprint density at radius 1 is 1.33 bits per heavy atom. The van der Waals surface area contributed by atoms with Crippen LogP contribution in [-0.2, 0) is 5.54 Å². The topological polar surface area (TPSA) is 55.4 Å². The van der Waals surface area contributed by atoms with Crippen LogP contribution in [0.25, 0.3) is 11.0 Å². The molecule has 0 amide bonds. The molecule has 0 fully saturated rings. The molecule has 1 aromatic carbocycles. The first-order valence-electron chi connectivity index (χ1n) is 4.75. The SMILES string of the molecule is CC(C)(C)n1oc2cc(O)ccc2c1=O. The maximum Gasteiger partial charge on any atom is 0.290 e. The summed E-state index contributed by atoms with van der Waals surface area (Å²) >= 11 is 0. The van der Waals surface area contributed by atoms with E-state index in [-0.39, 0.29) is 11.3 Å². The maximum atomic E-state index is 11.9. The van der Waals surface area contributed by atoms with Crippen molar-refractivity contribution in [3.05, 3.63) is 28.6 Å². The molecule has 0 aliphatic heterocycles. The van der Waals surface area contributed by atoms with Gasteiger partial charge in [-0.25, -0.2) is 0 Å². The zero-order chi connectivity index (χ0) is 11.2. The number of phenolic OH excluding ortho intramolecular Hbond substituents is 1. The molecule has 0 atom stereocenters. The predicted molar refractivity (Wildman–Crippen MR) is 57.1 cm³/mol. The summed E-state index contributed by atoms with van der Waals surface area (Å²) in [6.07, 6.45) is 0. The molecule has 1 heterocycles. The zero-order valence-electron chi connectivity index (χ0n) is 8.94. The van der Waals surface area contributed by atoms with Crippen molar-refractivity contribution in [3.63, 3.8) is 0 Å². The van der Waals surface area contributed by atoms with Crippen LogP contribution in [0.3, 0.4) is 0 Å². The normalized spacial score (nSPS) is 12.2. The van der Waals surface area contributed by atoms with Gasteiger partial charge >= 0.3 is 0 Å². The Morgan fingerprint density at radius 2 is 2.00 bits per heavy atom. The van der Waals surface area contributed by atoms with E-state index in [0.29, 0.717) is 11.0 Å². The molecule has 0 saturated heterocycles. The zero-order valence-corrected chi connectivity index (χ0v) is 8.94. The number of nitrogens with zero attached hydrogens (tertiary/aromatic N) is 1. The van der Waals surface area contributed by atoms with Gasteiger partial charge in [0.2, 0.25) is 0 Å². The molecule has 0 radical (unpaired) electrons. The van der Waals surface area contributed by atoms with Gasteiger partial charge in [-0.1, -0.05) is 0 Å². The highest BCUT2D eigenvalue weighted by Crippen LogP contribution is 2.21. The van der Waals surface area contributed by atoms with Crippen molar-refractivity contribution in [2.24, 2.45) is 0 Å². The highest BCUT2D eigenvalue weighted by molar-refractivity contribution is 5.77. The Hall–Kier alpha value is -1.71. The first-order chi connectivity index (χ1) is 6.89. The van der Waals surface area contributed by atoms with Crippen molar-refractivity contribution >= 4 is 11.0 Å². The van der Waals surface area contributed by atoms with E-state index < -0.39 is 5.54 Å². The van der Waals surface area contributed by atoms with E-state index in [1.165, 1.54) is 16.9 Å². The van der Waals surface area contributed by atoms with E-state index in [0.717, 1.165) is 0 Å². The Labute approximate surface area is 86.7 Å². The van der Waals surface area contributed by atoms with Crippen LogP contribution in [0.4, 0.5) is 0 Å². The van der Waals surface area contributed by atoms with Gasteiger partial charge in [0.05, 0.1) is 10.9 Å². The quantitative estimate of drug-likeness (QED) is 0.719. The predicted octanol–water partition coefficient (Wildman–Crippen LogP) is 2.06. The summed E-state index contributed by atoms with van der Waals surface area (Å²) in [6.45, 7) is 5.66. The number of phenols is 1. The Kier molecular flexibility index (Phi) is 1.89. The third-order valence-corrected chi connectivity index (χ3v) is 2.18. The van der Waals surface area contributed by atoms with Crippen LogP contribution in [0.2, 0.25) is 0 Å². The van der Waals surface area contributed by atoms with Crippen LogP contribution < -0.4 is 5.56 Å². The minimum absolute atomic E-state index is 0.0947. The van der Waals surface area contributed by atoms with Crippen molar-refractivity contribution in [2.45, 2.75) is 26.3 Å². The van der Waals surface area contributed by atoms with Gasteiger partial charge in [-0.2, -0.15) is 4.74 Å². The lowest BCUT2D eigenvalue weighted by Gasteiger charge is -2.16. The second-order valence-electron chi connectivity index (χ2n) is 4.54. The molecule has 1 N–H and O–H groups in total. The average molecular weight is 207 g/mol. The fourth-order valence-corrected chi connectivity index (χ4v) is 1.45. The molecule has 4 heteroatoms. The van der Waals surface area contributed by atoms with Crippen molar-refractivity contribution in [2.75, 3.05) is 0 Å². The van der Waals surface area contributed by atoms with Crippen molar-refractivity contribution in [1.29, 1.82) is 0 Å². The third-order valence-electron chi connectivity index (χ3n) is 2.18. The maximum absolute atomic E-state index is 11.9. The molecular formula is C11H13NO3. The van der Waals surface area contributed by atoms with E-state index in [1.54, 1.807) is 6.07 Å². The minimum Gasteiger partial charge on any atom is -0.508 e. The lowest BCUT2D eigenvalue weighted by atomic mass is 10.1. The van der Waals surface area contributed by atoms with Crippen molar-refractivity contribution in [3.8, 4) is 5.75 Å². The average Bonchev–Trinajstić information content (AvgIpc) is 2.42. The molecule has 2 rings (SSSR count). The lowest BCUT2D eigenvalue weighted by molar-refractivity contribution is 0.171. The largest absolute Gasteiger partial charge is 0.508 e. The van der Waals surface area contributed by atoms with Gasteiger partial charge in [-0.15, -0.1) is 0 Å². The second-order valence-corrected chi connectivity index (χ2v) is 4.54. The van der Waals surface area contributed by atoms with Crippen molar-refractivity contribution < 1.29 is 9.63 Å². The van der Waals surface area contributed by atoms with Gasteiger partial charge in [-0.05, 0) is 32.9 Å². The molecule has 2 aromatic rings. The second kappa shape index (κ2) is 2.89. The summed E-state index contributed by atoms with van der Waals surface area (Å²) in [7, 11) is 0. The molecule has 0 bridgehead atoms. The summed E-state index contributed by atoms with van der Waals surface area (Å²) in [6, 6.07) is 4.49.